The van der Waals surface area contributed by atoms with E-state index in [0.29, 0.717) is 12.1 Å². The highest BCUT2D eigenvalue weighted by Crippen LogP contribution is 2.23. The molecule has 0 unspecified atom stereocenters. The van der Waals surface area contributed by atoms with Crippen LogP contribution in [0, 0.1) is 11.6 Å². The molecule has 0 saturated heterocycles. The highest BCUT2D eigenvalue weighted by molar-refractivity contribution is 5.75. The number of benzene rings is 1. The van der Waals surface area contributed by atoms with E-state index in [-0.39, 0.29) is 11.8 Å². The number of halogens is 5. The van der Waals surface area contributed by atoms with Gasteiger partial charge in [0, 0.05) is 5.56 Å². The van der Waals surface area contributed by atoms with Gasteiger partial charge in [0.05, 0.1) is 0 Å². The van der Waals surface area contributed by atoms with Gasteiger partial charge >= 0.3 is 6.18 Å². The Kier molecular flexibility index (Phi) is 4.60. The standard InChI is InChI=1S/C10H7F5O3/c11-7-1-6(3-16)2-8(12)9(7)18-5-17-4-10(13,14)15/h1-3H,4-5H2. The van der Waals surface area contributed by atoms with Gasteiger partial charge in [0.2, 0.25) is 0 Å². The number of carbonyl (C=O) groups excluding carboxylic acids is 1. The molecule has 0 aliphatic heterocycles. The minimum Gasteiger partial charge on any atom is -0.461 e. The molecule has 0 N–H and O–H groups in total. The lowest BCUT2D eigenvalue weighted by molar-refractivity contribution is -0.187. The van der Waals surface area contributed by atoms with Crippen molar-refractivity contribution in [3.05, 3.63) is 29.3 Å². The van der Waals surface area contributed by atoms with E-state index in [2.05, 4.69) is 9.47 Å². The lowest BCUT2D eigenvalue weighted by atomic mass is 10.2. The molecule has 18 heavy (non-hydrogen) atoms. The van der Waals surface area contributed by atoms with Gasteiger partial charge in [-0.2, -0.15) is 13.2 Å². The molecule has 0 fully saturated rings. The Labute approximate surface area is 98.1 Å². The highest BCUT2D eigenvalue weighted by atomic mass is 19.4. The van der Waals surface area contributed by atoms with Gasteiger partial charge in [-0.25, -0.2) is 8.78 Å². The van der Waals surface area contributed by atoms with E-state index in [9.17, 15) is 26.7 Å². The average molecular weight is 270 g/mol. The van der Waals surface area contributed by atoms with E-state index in [0.717, 1.165) is 0 Å². The van der Waals surface area contributed by atoms with Crippen molar-refractivity contribution in [1.82, 2.24) is 0 Å². The number of hydrogen-bond donors (Lipinski definition) is 0. The van der Waals surface area contributed by atoms with Gasteiger partial charge < -0.3 is 9.47 Å². The highest BCUT2D eigenvalue weighted by Gasteiger charge is 2.27. The van der Waals surface area contributed by atoms with Crippen molar-refractivity contribution < 1.29 is 36.2 Å². The van der Waals surface area contributed by atoms with Gasteiger partial charge in [0.1, 0.15) is 12.9 Å². The molecule has 0 aromatic heterocycles. The van der Waals surface area contributed by atoms with Crippen LogP contribution in [-0.2, 0) is 4.74 Å². The molecule has 0 radical (unpaired) electrons. The molecule has 0 aliphatic carbocycles. The normalized spacial score (nSPS) is 11.4. The van der Waals surface area contributed by atoms with Crippen LogP contribution in [0.5, 0.6) is 5.75 Å². The lowest BCUT2D eigenvalue weighted by Crippen LogP contribution is -2.19. The Morgan fingerprint density at radius 1 is 1.17 bits per heavy atom. The smallest absolute Gasteiger partial charge is 0.411 e. The predicted octanol–water partition coefficient (Wildman–Crippen LogP) is 2.69. The van der Waals surface area contributed by atoms with Crippen LogP contribution in [0.15, 0.2) is 12.1 Å². The predicted molar refractivity (Wildman–Crippen MR) is 49.2 cm³/mol. The van der Waals surface area contributed by atoms with Crippen molar-refractivity contribution in [1.29, 1.82) is 0 Å². The SMILES string of the molecule is O=Cc1cc(F)c(OCOCC(F)(F)F)c(F)c1. The summed E-state index contributed by atoms with van der Waals surface area (Å²) in [5.74, 6) is -3.30. The van der Waals surface area contributed by atoms with E-state index in [1.54, 1.807) is 0 Å². The zero-order valence-electron chi connectivity index (χ0n) is 8.76. The molecule has 0 bridgehead atoms. The van der Waals surface area contributed by atoms with Gasteiger partial charge in [-0.15, -0.1) is 0 Å². The third-order valence-corrected chi connectivity index (χ3v) is 1.71. The van der Waals surface area contributed by atoms with Crippen molar-refractivity contribution >= 4 is 6.29 Å². The first-order valence-corrected chi connectivity index (χ1v) is 4.55. The summed E-state index contributed by atoms with van der Waals surface area (Å²) in [7, 11) is 0. The maximum absolute atomic E-state index is 13.2. The quantitative estimate of drug-likeness (QED) is 0.357. The second-order valence-electron chi connectivity index (χ2n) is 3.16. The van der Waals surface area contributed by atoms with Crippen LogP contribution >= 0.6 is 0 Å². The largest absolute Gasteiger partial charge is 0.461 e. The second kappa shape index (κ2) is 5.76. The minimum absolute atomic E-state index is 0.218. The van der Waals surface area contributed by atoms with E-state index in [4.69, 9.17) is 0 Å². The zero-order valence-corrected chi connectivity index (χ0v) is 8.76. The zero-order chi connectivity index (χ0) is 13.8. The minimum atomic E-state index is -4.55. The van der Waals surface area contributed by atoms with E-state index in [1.165, 1.54) is 0 Å². The lowest BCUT2D eigenvalue weighted by Gasteiger charge is -2.10. The van der Waals surface area contributed by atoms with E-state index in [1.807, 2.05) is 0 Å². The summed E-state index contributed by atoms with van der Waals surface area (Å²) >= 11 is 0. The topological polar surface area (TPSA) is 35.5 Å². The summed E-state index contributed by atoms with van der Waals surface area (Å²) < 4.78 is 69.7. The van der Waals surface area contributed by atoms with Crippen molar-refractivity contribution in [3.63, 3.8) is 0 Å². The maximum atomic E-state index is 13.2. The van der Waals surface area contributed by atoms with Crippen LogP contribution in [0.25, 0.3) is 0 Å². The molecule has 0 heterocycles. The van der Waals surface area contributed by atoms with Gasteiger partial charge in [-0.1, -0.05) is 0 Å². The summed E-state index contributed by atoms with van der Waals surface area (Å²) in [5, 5.41) is 0. The number of ether oxygens (including phenoxy) is 2. The molecule has 0 spiro atoms. The maximum Gasteiger partial charge on any atom is 0.411 e. The summed E-state index contributed by atoms with van der Waals surface area (Å²) in [6.07, 6.45) is -4.34. The Bertz CT molecular complexity index is 407. The number of hydrogen-bond acceptors (Lipinski definition) is 3. The van der Waals surface area contributed by atoms with Crippen molar-refractivity contribution in [2.75, 3.05) is 13.4 Å². The molecule has 0 aliphatic rings. The Balaban J connectivity index is 2.60. The first-order valence-electron chi connectivity index (χ1n) is 4.55. The Morgan fingerprint density at radius 2 is 1.72 bits per heavy atom. The third-order valence-electron chi connectivity index (χ3n) is 1.71. The van der Waals surface area contributed by atoms with Gasteiger partial charge in [-0.05, 0) is 12.1 Å². The molecule has 100 valence electrons. The van der Waals surface area contributed by atoms with Crippen molar-refractivity contribution in [2.45, 2.75) is 6.18 Å². The van der Waals surface area contributed by atoms with Crippen molar-refractivity contribution in [3.8, 4) is 5.75 Å². The van der Waals surface area contributed by atoms with Gasteiger partial charge in [0.25, 0.3) is 0 Å². The fraction of sp³-hybridized carbons (Fsp3) is 0.300. The van der Waals surface area contributed by atoms with Crippen molar-refractivity contribution in [2.24, 2.45) is 0 Å². The summed E-state index contributed by atoms with van der Waals surface area (Å²) in [6, 6.07) is 1.38. The molecule has 1 rings (SSSR count). The average Bonchev–Trinajstić information content (AvgIpc) is 2.25. The second-order valence-corrected chi connectivity index (χ2v) is 3.16. The van der Waals surface area contributed by atoms with Crippen LogP contribution in [0.3, 0.4) is 0 Å². The molecule has 0 amide bonds. The first kappa shape index (κ1) is 14.4. The fourth-order valence-corrected chi connectivity index (χ4v) is 1.04. The molecule has 0 atom stereocenters. The summed E-state index contributed by atoms with van der Waals surface area (Å²) in [5.41, 5.74) is -0.256. The number of carbonyl (C=O) groups is 1. The molecule has 1 aromatic rings. The molecule has 0 saturated carbocycles. The number of aldehydes is 1. The van der Waals surface area contributed by atoms with Crippen LogP contribution < -0.4 is 4.74 Å². The summed E-state index contributed by atoms with van der Waals surface area (Å²) in [6.45, 7) is -2.56. The molecule has 1 aromatic carbocycles. The molecule has 8 heteroatoms. The monoisotopic (exact) mass is 270 g/mol. The number of rotatable bonds is 5. The van der Waals surface area contributed by atoms with Gasteiger partial charge in [0.15, 0.2) is 24.2 Å². The first-order chi connectivity index (χ1) is 8.33. The van der Waals surface area contributed by atoms with Crippen LogP contribution in [0.4, 0.5) is 22.0 Å². The fourth-order valence-electron chi connectivity index (χ4n) is 1.04. The van der Waals surface area contributed by atoms with E-state index >= 15 is 0 Å². The summed E-state index contributed by atoms with van der Waals surface area (Å²) in [4.78, 5) is 10.3. The third kappa shape index (κ3) is 4.28. The molecule has 3 nitrogen and oxygen atoms in total. The van der Waals surface area contributed by atoms with Gasteiger partial charge in [-0.3, -0.25) is 4.79 Å². The Hall–Kier alpha value is -1.70. The van der Waals surface area contributed by atoms with Crippen LogP contribution in [0.1, 0.15) is 10.4 Å². The van der Waals surface area contributed by atoms with E-state index < -0.39 is 37.0 Å². The molecular formula is C10H7F5O3. The Morgan fingerprint density at radius 3 is 2.17 bits per heavy atom. The van der Waals surface area contributed by atoms with Crippen LogP contribution in [0.2, 0.25) is 0 Å². The molecular weight excluding hydrogens is 263 g/mol. The van der Waals surface area contributed by atoms with Crippen LogP contribution in [-0.4, -0.2) is 25.9 Å². The number of alkyl halides is 3.